The van der Waals surface area contributed by atoms with Gasteiger partial charge in [-0.15, -0.1) is 0 Å². The number of urea groups is 1. The van der Waals surface area contributed by atoms with Crippen LogP contribution in [0, 0.1) is 0 Å². The highest BCUT2D eigenvalue weighted by molar-refractivity contribution is 5.91. The zero-order chi connectivity index (χ0) is 20.5. The summed E-state index contributed by atoms with van der Waals surface area (Å²) in [5, 5.41) is 2.18. The Hall–Kier alpha value is -2.65. The second-order valence-electron chi connectivity index (χ2n) is 7.99. The van der Waals surface area contributed by atoms with Crippen LogP contribution < -0.4 is 5.84 Å². The Balaban J connectivity index is 1.60. The van der Waals surface area contributed by atoms with Crippen molar-refractivity contribution in [3.8, 4) is 0 Å². The van der Waals surface area contributed by atoms with Crippen LogP contribution in [0.25, 0.3) is 0 Å². The number of carbonyl (C=O) groups excluding carboxylic acids is 3. The summed E-state index contributed by atoms with van der Waals surface area (Å²) < 4.78 is 4.91. The molecular weight excluding hydrogens is 364 g/mol. The first kappa shape index (κ1) is 20.1. The lowest BCUT2D eigenvalue weighted by Gasteiger charge is -2.31. The molecule has 2 saturated heterocycles. The van der Waals surface area contributed by atoms with Crippen molar-refractivity contribution < 1.29 is 24.0 Å². The minimum Gasteiger partial charge on any atom is -0.374 e. The van der Waals surface area contributed by atoms with Gasteiger partial charge in [0.2, 0.25) is 0 Å². The molecule has 28 heavy (non-hydrogen) atoms. The normalized spacial score (nSPS) is 21.6. The van der Waals surface area contributed by atoms with E-state index in [-0.39, 0.29) is 12.6 Å². The van der Waals surface area contributed by atoms with Crippen molar-refractivity contribution in [3.05, 3.63) is 35.9 Å². The molecule has 0 aromatic heterocycles. The lowest BCUT2D eigenvalue weighted by Crippen LogP contribution is -2.53. The van der Waals surface area contributed by atoms with Gasteiger partial charge in [-0.25, -0.2) is 25.2 Å². The van der Waals surface area contributed by atoms with Gasteiger partial charge in [-0.05, 0) is 39.2 Å². The van der Waals surface area contributed by atoms with E-state index in [1.54, 1.807) is 20.8 Å². The molecule has 0 spiro atoms. The lowest BCUT2D eigenvalue weighted by molar-refractivity contribution is -0.145. The van der Waals surface area contributed by atoms with Crippen molar-refractivity contribution in [2.75, 3.05) is 6.54 Å². The fourth-order valence-corrected chi connectivity index (χ4v) is 3.24. The Kier molecular flexibility index (Phi) is 5.57. The van der Waals surface area contributed by atoms with E-state index >= 15 is 0 Å². The molecule has 2 aliphatic rings. The highest BCUT2D eigenvalue weighted by Crippen LogP contribution is 2.31. The first-order chi connectivity index (χ1) is 13.2. The van der Waals surface area contributed by atoms with Crippen molar-refractivity contribution in [1.29, 1.82) is 0 Å². The van der Waals surface area contributed by atoms with Gasteiger partial charge in [-0.2, -0.15) is 5.06 Å². The monoisotopic (exact) mass is 390 g/mol. The number of nitrogens with zero attached hydrogens (tertiary/aromatic N) is 3. The third-order valence-electron chi connectivity index (χ3n) is 4.92. The first-order valence-corrected chi connectivity index (χ1v) is 9.25. The topological polar surface area (TPSA) is 105 Å². The predicted molar refractivity (Wildman–Crippen MR) is 99.2 cm³/mol. The third kappa shape index (κ3) is 4.10. The van der Waals surface area contributed by atoms with Gasteiger partial charge in [0.25, 0.3) is 0 Å². The average Bonchev–Trinajstić information content (AvgIpc) is 2.89. The van der Waals surface area contributed by atoms with Crippen LogP contribution in [0.3, 0.4) is 0 Å². The molecule has 0 unspecified atom stereocenters. The van der Waals surface area contributed by atoms with Gasteiger partial charge >= 0.3 is 18.1 Å². The molecule has 0 radical (unpaired) electrons. The molecule has 3 rings (SSSR count). The summed E-state index contributed by atoms with van der Waals surface area (Å²) in [6.45, 7) is 5.77. The maximum Gasteiger partial charge on any atom is 0.432 e. The van der Waals surface area contributed by atoms with Crippen molar-refractivity contribution in [2.24, 2.45) is 5.84 Å². The van der Waals surface area contributed by atoms with E-state index in [4.69, 9.17) is 15.4 Å². The molecule has 9 heteroatoms. The van der Waals surface area contributed by atoms with Crippen molar-refractivity contribution in [1.82, 2.24) is 15.0 Å². The maximum atomic E-state index is 12.7. The van der Waals surface area contributed by atoms with Crippen LogP contribution in [0.4, 0.5) is 9.59 Å². The smallest absolute Gasteiger partial charge is 0.374 e. The number of benzene rings is 1. The molecule has 2 N–H and O–H groups in total. The second kappa shape index (κ2) is 7.76. The minimum atomic E-state index is -0.941. The minimum absolute atomic E-state index is 0.128. The molecule has 2 bridgehead atoms. The van der Waals surface area contributed by atoms with Crippen LogP contribution in [-0.4, -0.2) is 57.2 Å². The summed E-state index contributed by atoms with van der Waals surface area (Å²) in [7, 11) is 0. The molecule has 2 heterocycles. The Morgan fingerprint density at radius 1 is 1.21 bits per heavy atom. The third-order valence-corrected chi connectivity index (χ3v) is 4.92. The standard InChI is InChI=1S/C19H26N4O5/c1-19(2,3)23(20)18(26)28-16(24)15-10-9-14-11-21(15)17(25)22(14)27-12-13-7-5-4-6-8-13/h4-8,14-15H,9-12,20H2,1-3H3/t14-,15+/m1/s1. The van der Waals surface area contributed by atoms with Gasteiger partial charge in [0.15, 0.2) is 0 Å². The number of hydrazine groups is 1. The average molecular weight is 390 g/mol. The summed E-state index contributed by atoms with van der Waals surface area (Å²) in [5.74, 6) is 4.91. The highest BCUT2D eigenvalue weighted by atomic mass is 16.7. The second-order valence-corrected chi connectivity index (χ2v) is 7.99. The number of amides is 3. The predicted octanol–water partition coefficient (Wildman–Crippen LogP) is 2.02. The van der Waals surface area contributed by atoms with Crippen LogP contribution in [0.1, 0.15) is 39.2 Å². The van der Waals surface area contributed by atoms with E-state index in [1.165, 1.54) is 9.96 Å². The maximum absolute atomic E-state index is 12.7. The van der Waals surface area contributed by atoms with Crippen LogP contribution >= 0.6 is 0 Å². The molecular formula is C19H26N4O5. The van der Waals surface area contributed by atoms with Gasteiger partial charge in [-0.1, -0.05) is 30.3 Å². The quantitative estimate of drug-likeness (QED) is 0.277. The Morgan fingerprint density at radius 3 is 2.54 bits per heavy atom. The molecule has 0 saturated carbocycles. The zero-order valence-electron chi connectivity index (χ0n) is 16.3. The highest BCUT2D eigenvalue weighted by Gasteiger charge is 2.49. The Morgan fingerprint density at radius 2 is 1.89 bits per heavy atom. The molecule has 0 aliphatic carbocycles. The fourth-order valence-electron chi connectivity index (χ4n) is 3.24. The number of fused-ring (bicyclic) bond motifs is 2. The lowest BCUT2D eigenvalue weighted by atomic mass is 10.0. The fraction of sp³-hybridized carbons (Fsp3) is 0.526. The number of rotatable bonds is 4. The van der Waals surface area contributed by atoms with Gasteiger partial charge in [0, 0.05) is 6.54 Å². The molecule has 3 amide bonds. The van der Waals surface area contributed by atoms with Crippen molar-refractivity contribution in [2.45, 2.75) is 57.8 Å². The van der Waals surface area contributed by atoms with Gasteiger partial charge in [-0.3, -0.25) is 4.84 Å². The molecule has 152 valence electrons. The SMILES string of the molecule is CC(C)(C)N(N)C(=O)OC(=O)[C@@H]1CC[C@@H]2CN1C(=O)N2OCc1ccccc1. The molecule has 2 atom stereocenters. The molecule has 9 nitrogen and oxygen atoms in total. The summed E-state index contributed by atoms with van der Waals surface area (Å²) in [4.78, 5) is 44.4. The summed E-state index contributed by atoms with van der Waals surface area (Å²) in [6, 6.07) is 8.17. The summed E-state index contributed by atoms with van der Waals surface area (Å²) in [6.07, 6.45) is 0.0353. The van der Waals surface area contributed by atoms with Gasteiger partial charge < -0.3 is 9.64 Å². The number of hydrogen-bond donors (Lipinski definition) is 1. The van der Waals surface area contributed by atoms with E-state index in [1.807, 2.05) is 30.3 Å². The number of hydroxylamine groups is 2. The van der Waals surface area contributed by atoms with Crippen LogP contribution in [0.2, 0.25) is 0 Å². The zero-order valence-corrected chi connectivity index (χ0v) is 16.3. The number of piperidine rings is 1. The Labute approximate surface area is 163 Å². The molecule has 1 aromatic rings. The molecule has 2 aliphatic heterocycles. The van der Waals surface area contributed by atoms with E-state index in [2.05, 4.69) is 0 Å². The molecule has 1 aromatic carbocycles. The van der Waals surface area contributed by atoms with Crippen LogP contribution in [-0.2, 0) is 21.0 Å². The van der Waals surface area contributed by atoms with E-state index in [0.29, 0.717) is 19.4 Å². The van der Waals surface area contributed by atoms with Crippen LogP contribution in [0.15, 0.2) is 30.3 Å². The van der Waals surface area contributed by atoms with E-state index < -0.39 is 29.7 Å². The van der Waals surface area contributed by atoms with Crippen molar-refractivity contribution in [3.63, 3.8) is 0 Å². The van der Waals surface area contributed by atoms with Crippen molar-refractivity contribution >= 4 is 18.1 Å². The van der Waals surface area contributed by atoms with E-state index in [0.717, 1.165) is 10.6 Å². The van der Waals surface area contributed by atoms with Crippen LogP contribution in [0.5, 0.6) is 0 Å². The number of hydrogen-bond acceptors (Lipinski definition) is 6. The van der Waals surface area contributed by atoms with Gasteiger partial charge in [0.1, 0.15) is 12.6 Å². The molecule has 2 fully saturated rings. The first-order valence-electron chi connectivity index (χ1n) is 9.25. The summed E-state index contributed by atoms with van der Waals surface area (Å²) >= 11 is 0. The number of nitrogens with two attached hydrogens (primary N) is 1. The Bertz CT molecular complexity index is 748. The number of ether oxygens (including phenoxy) is 1. The summed E-state index contributed by atoms with van der Waals surface area (Å²) in [5.41, 5.74) is 0.249. The number of esters is 1. The van der Waals surface area contributed by atoms with E-state index in [9.17, 15) is 14.4 Å². The largest absolute Gasteiger partial charge is 0.432 e. The van der Waals surface area contributed by atoms with Gasteiger partial charge in [0.05, 0.1) is 11.6 Å². The number of carbonyl (C=O) groups is 3.